The standard InChI is InChI=1S/C12H11ClN2O3/c1-2-18-9-5-3-8(4-6-9)15-11(13)10(7-14-15)12(16)17/h3-7H,2H2,1H3,(H,16,17). The van der Waals surface area contributed by atoms with Crippen molar-refractivity contribution in [2.24, 2.45) is 0 Å². The minimum absolute atomic E-state index is 0.0226. The molecule has 0 aliphatic heterocycles. The summed E-state index contributed by atoms with van der Waals surface area (Å²) in [5.41, 5.74) is 0.654. The van der Waals surface area contributed by atoms with Gasteiger partial charge < -0.3 is 9.84 Å². The van der Waals surface area contributed by atoms with E-state index in [-0.39, 0.29) is 10.7 Å². The summed E-state index contributed by atoms with van der Waals surface area (Å²) in [6.45, 7) is 2.49. The smallest absolute Gasteiger partial charge is 0.340 e. The molecule has 0 unspecified atom stereocenters. The zero-order valence-corrected chi connectivity index (χ0v) is 10.4. The lowest BCUT2D eigenvalue weighted by atomic mass is 10.3. The Morgan fingerprint density at radius 1 is 1.44 bits per heavy atom. The van der Waals surface area contributed by atoms with Gasteiger partial charge in [-0.2, -0.15) is 5.10 Å². The van der Waals surface area contributed by atoms with E-state index in [0.717, 1.165) is 5.75 Å². The molecule has 18 heavy (non-hydrogen) atoms. The van der Waals surface area contributed by atoms with E-state index in [9.17, 15) is 4.79 Å². The van der Waals surface area contributed by atoms with Crippen molar-refractivity contribution in [2.75, 3.05) is 6.61 Å². The number of nitrogens with zero attached hydrogens (tertiary/aromatic N) is 2. The van der Waals surface area contributed by atoms with Gasteiger partial charge in [-0.1, -0.05) is 11.6 Å². The van der Waals surface area contributed by atoms with E-state index in [4.69, 9.17) is 21.4 Å². The second-order valence-corrected chi connectivity index (χ2v) is 3.85. The van der Waals surface area contributed by atoms with Gasteiger partial charge >= 0.3 is 5.97 Å². The highest BCUT2D eigenvalue weighted by Crippen LogP contribution is 2.22. The normalized spacial score (nSPS) is 10.3. The Morgan fingerprint density at radius 2 is 2.11 bits per heavy atom. The van der Waals surface area contributed by atoms with E-state index in [0.29, 0.717) is 12.3 Å². The van der Waals surface area contributed by atoms with Crippen LogP contribution in [-0.4, -0.2) is 27.5 Å². The van der Waals surface area contributed by atoms with Gasteiger partial charge in [-0.05, 0) is 31.2 Å². The summed E-state index contributed by atoms with van der Waals surface area (Å²) in [5.74, 6) is -0.361. The van der Waals surface area contributed by atoms with Crippen molar-refractivity contribution >= 4 is 17.6 Å². The van der Waals surface area contributed by atoms with Crippen LogP contribution in [0.5, 0.6) is 5.75 Å². The minimum atomic E-state index is -1.10. The topological polar surface area (TPSA) is 64.4 Å². The van der Waals surface area contributed by atoms with Crippen molar-refractivity contribution in [3.8, 4) is 11.4 Å². The molecule has 0 aliphatic carbocycles. The Balaban J connectivity index is 2.34. The third kappa shape index (κ3) is 2.31. The molecular weight excluding hydrogens is 256 g/mol. The van der Waals surface area contributed by atoms with Crippen LogP contribution in [0.25, 0.3) is 5.69 Å². The molecule has 0 saturated heterocycles. The van der Waals surface area contributed by atoms with Gasteiger partial charge in [0.2, 0.25) is 0 Å². The highest BCUT2D eigenvalue weighted by atomic mass is 35.5. The fraction of sp³-hybridized carbons (Fsp3) is 0.167. The Labute approximate surface area is 109 Å². The van der Waals surface area contributed by atoms with Gasteiger partial charge in [0.05, 0.1) is 18.5 Å². The average molecular weight is 267 g/mol. The van der Waals surface area contributed by atoms with Gasteiger partial charge in [-0.25, -0.2) is 9.48 Å². The van der Waals surface area contributed by atoms with Crippen LogP contribution < -0.4 is 4.74 Å². The summed E-state index contributed by atoms with van der Waals surface area (Å²) < 4.78 is 6.68. The zero-order chi connectivity index (χ0) is 13.1. The summed E-state index contributed by atoms with van der Waals surface area (Å²) in [4.78, 5) is 10.8. The number of rotatable bonds is 4. The van der Waals surface area contributed by atoms with Gasteiger partial charge in [-0.3, -0.25) is 0 Å². The summed E-state index contributed by atoms with van der Waals surface area (Å²) in [6, 6.07) is 7.07. The zero-order valence-electron chi connectivity index (χ0n) is 9.63. The van der Waals surface area contributed by atoms with Gasteiger partial charge in [0.25, 0.3) is 0 Å². The van der Waals surface area contributed by atoms with Crippen molar-refractivity contribution in [3.63, 3.8) is 0 Å². The van der Waals surface area contributed by atoms with E-state index in [2.05, 4.69) is 5.10 Å². The van der Waals surface area contributed by atoms with Crippen LogP contribution in [0.3, 0.4) is 0 Å². The fourth-order valence-corrected chi connectivity index (χ4v) is 1.78. The maximum absolute atomic E-state index is 10.8. The Bertz CT molecular complexity index is 563. The molecule has 1 N–H and O–H groups in total. The molecule has 0 bridgehead atoms. The molecule has 0 amide bonds. The molecule has 1 heterocycles. The second-order valence-electron chi connectivity index (χ2n) is 3.49. The van der Waals surface area contributed by atoms with Gasteiger partial charge in [0, 0.05) is 0 Å². The molecule has 2 aromatic rings. The van der Waals surface area contributed by atoms with E-state index in [1.54, 1.807) is 24.3 Å². The quantitative estimate of drug-likeness (QED) is 0.924. The molecule has 0 aliphatic rings. The molecule has 0 spiro atoms. The van der Waals surface area contributed by atoms with Crippen molar-refractivity contribution in [3.05, 3.63) is 41.2 Å². The van der Waals surface area contributed by atoms with Gasteiger partial charge in [0.15, 0.2) is 0 Å². The number of aromatic nitrogens is 2. The SMILES string of the molecule is CCOc1ccc(-n2ncc(C(=O)O)c2Cl)cc1. The van der Waals surface area contributed by atoms with E-state index in [1.165, 1.54) is 10.9 Å². The maximum Gasteiger partial charge on any atom is 0.340 e. The molecule has 5 nitrogen and oxygen atoms in total. The third-order valence-electron chi connectivity index (χ3n) is 2.33. The summed E-state index contributed by atoms with van der Waals surface area (Å²) >= 11 is 5.94. The lowest BCUT2D eigenvalue weighted by Gasteiger charge is -2.06. The van der Waals surface area contributed by atoms with E-state index < -0.39 is 5.97 Å². The molecule has 94 valence electrons. The lowest BCUT2D eigenvalue weighted by Crippen LogP contribution is -1.99. The molecule has 0 atom stereocenters. The second kappa shape index (κ2) is 5.10. The largest absolute Gasteiger partial charge is 0.494 e. The number of halogens is 1. The highest BCUT2D eigenvalue weighted by Gasteiger charge is 2.15. The molecule has 0 radical (unpaired) electrons. The predicted octanol–water partition coefficient (Wildman–Crippen LogP) is 2.62. The van der Waals surface area contributed by atoms with Crippen molar-refractivity contribution in [1.82, 2.24) is 9.78 Å². The Morgan fingerprint density at radius 3 is 2.61 bits per heavy atom. The number of hydrogen-bond acceptors (Lipinski definition) is 3. The average Bonchev–Trinajstić information content (AvgIpc) is 2.73. The number of ether oxygens (including phenoxy) is 1. The van der Waals surface area contributed by atoms with Crippen LogP contribution in [0.1, 0.15) is 17.3 Å². The van der Waals surface area contributed by atoms with Crippen LogP contribution >= 0.6 is 11.6 Å². The van der Waals surface area contributed by atoms with Crippen LogP contribution in [0.15, 0.2) is 30.5 Å². The van der Waals surface area contributed by atoms with Crippen molar-refractivity contribution in [1.29, 1.82) is 0 Å². The number of hydrogen-bond donors (Lipinski definition) is 1. The number of carboxylic acids is 1. The molecule has 6 heteroatoms. The molecule has 0 saturated carbocycles. The van der Waals surface area contributed by atoms with Crippen molar-refractivity contribution < 1.29 is 14.6 Å². The minimum Gasteiger partial charge on any atom is -0.494 e. The van der Waals surface area contributed by atoms with Crippen LogP contribution in [0.4, 0.5) is 0 Å². The van der Waals surface area contributed by atoms with Crippen LogP contribution in [0, 0.1) is 0 Å². The van der Waals surface area contributed by atoms with Gasteiger partial charge in [-0.15, -0.1) is 0 Å². The Kier molecular flexibility index (Phi) is 3.53. The first-order valence-corrected chi connectivity index (χ1v) is 5.71. The fourth-order valence-electron chi connectivity index (χ4n) is 1.51. The summed E-state index contributed by atoms with van der Waals surface area (Å²) in [7, 11) is 0. The molecule has 0 fully saturated rings. The number of carboxylic acid groups (broad SMARTS) is 1. The highest BCUT2D eigenvalue weighted by molar-refractivity contribution is 6.32. The molecule has 2 rings (SSSR count). The molecular formula is C12H11ClN2O3. The van der Waals surface area contributed by atoms with Crippen LogP contribution in [0.2, 0.25) is 5.15 Å². The monoisotopic (exact) mass is 266 g/mol. The van der Waals surface area contributed by atoms with Crippen LogP contribution in [-0.2, 0) is 0 Å². The predicted molar refractivity (Wildman–Crippen MR) is 66.7 cm³/mol. The van der Waals surface area contributed by atoms with Crippen molar-refractivity contribution in [2.45, 2.75) is 6.92 Å². The van der Waals surface area contributed by atoms with E-state index in [1.807, 2.05) is 6.92 Å². The first-order chi connectivity index (χ1) is 8.63. The Hall–Kier alpha value is -2.01. The van der Waals surface area contributed by atoms with E-state index >= 15 is 0 Å². The third-order valence-corrected chi connectivity index (χ3v) is 2.70. The maximum atomic E-state index is 10.8. The summed E-state index contributed by atoms with van der Waals surface area (Å²) in [6.07, 6.45) is 1.22. The number of aromatic carboxylic acids is 1. The molecule has 1 aromatic heterocycles. The summed E-state index contributed by atoms with van der Waals surface area (Å²) in [5, 5.41) is 12.9. The lowest BCUT2D eigenvalue weighted by molar-refractivity contribution is 0.0697. The molecule has 1 aromatic carbocycles. The first kappa shape index (κ1) is 12.4. The van der Waals surface area contributed by atoms with Gasteiger partial charge in [0.1, 0.15) is 16.5 Å². The first-order valence-electron chi connectivity index (χ1n) is 5.33. The number of benzene rings is 1. The number of carbonyl (C=O) groups is 1.